The molecule has 0 aliphatic rings. The van der Waals surface area contributed by atoms with E-state index in [-0.39, 0.29) is 6.42 Å². The van der Waals surface area contributed by atoms with Crippen molar-refractivity contribution in [2.45, 2.75) is 25.3 Å². The summed E-state index contributed by atoms with van der Waals surface area (Å²) in [5.74, 6) is 2.14. The van der Waals surface area contributed by atoms with Crippen molar-refractivity contribution >= 4 is 23.8 Å². The third-order valence-corrected chi connectivity index (χ3v) is 2.68. The zero-order chi connectivity index (χ0) is 13.1. The van der Waals surface area contributed by atoms with Gasteiger partial charge in [-0.25, -0.2) is 9.59 Å². The van der Waals surface area contributed by atoms with Crippen molar-refractivity contribution in [2.75, 3.05) is 18.6 Å². The first-order chi connectivity index (χ1) is 8.11. The molecule has 0 heterocycles. The third-order valence-electron chi connectivity index (χ3n) is 1.99. The van der Waals surface area contributed by atoms with Crippen molar-refractivity contribution in [2.24, 2.45) is 0 Å². The van der Waals surface area contributed by atoms with E-state index in [1.165, 1.54) is 0 Å². The number of urea groups is 1. The highest BCUT2D eigenvalue weighted by molar-refractivity contribution is 7.98. The first kappa shape index (κ1) is 15.7. The van der Waals surface area contributed by atoms with Crippen LogP contribution in [0.15, 0.2) is 0 Å². The van der Waals surface area contributed by atoms with Crippen LogP contribution in [0, 0.1) is 12.3 Å². The molecule has 0 aliphatic heterocycles. The molecule has 5 nitrogen and oxygen atoms in total. The maximum Gasteiger partial charge on any atom is 0.327 e. The maximum atomic E-state index is 11.3. The fourth-order valence-corrected chi connectivity index (χ4v) is 1.59. The summed E-state index contributed by atoms with van der Waals surface area (Å²) < 4.78 is 0. The largest absolute Gasteiger partial charge is 0.480 e. The van der Waals surface area contributed by atoms with Crippen LogP contribution in [0.25, 0.3) is 0 Å². The predicted molar refractivity (Wildman–Crippen MR) is 69.0 cm³/mol. The Morgan fingerprint density at radius 1 is 1.47 bits per heavy atom. The molecule has 1 atom stereocenters. The monoisotopic (exact) mass is 258 g/mol. The van der Waals surface area contributed by atoms with Gasteiger partial charge in [-0.1, -0.05) is 0 Å². The van der Waals surface area contributed by atoms with Crippen molar-refractivity contribution in [3.8, 4) is 12.3 Å². The topological polar surface area (TPSA) is 78.4 Å². The Kier molecular flexibility index (Phi) is 9.06. The molecule has 6 heteroatoms. The Morgan fingerprint density at radius 2 is 2.18 bits per heavy atom. The summed E-state index contributed by atoms with van der Waals surface area (Å²) in [6.07, 6.45) is 8.92. The second-order valence-corrected chi connectivity index (χ2v) is 4.38. The summed E-state index contributed by atoms with van der Waals surface area (Å²) in [6.45, 7) is 0.536. The first-order valence-corrected chi connectivity index (χ1v) is 6.70. The Bertz CT molecular complexity index is 289. The molecule has 0 aromatic rings. The fraction of sp³-hybridized carbons (Fsp3) is 0.636. The van der Waals surface area contributed by atoms with E-state index in [2.05, 4.69) is 16.6 Å². The third kappa shape index (κ3) is 8.46. The van der Waals surface area contributed by atoms with Gasteiger partial charge in [-0.05, 0) is 24.9 Å². The fourth-order valence-electron chi connectivity index (χ4n) is 1.10. The van der Waals surface area contributed by atoms with Crippen LogP contribution in [-0.2, 0) is 4.79 Å². The van der Waals surface area contributed by atoms with E-state index in [1.807, 2.05) is 6.26 Å². The quantitative estimate of drug-likeness (QED) is 0.446. The van der Waals surface area contributed by atoms with Gasteiger partial charge < -0.3 is 15.7 Å². The molecule has 0 spiro atoms. The summed E-state index contributed by atoms with van der Waals surface area (Å²) in [6, 6.07) is -1.51. The molecule has 0 fully saturated rings. The minimum atomic E-state index is -1.12. The lowest BCUT2D eigenvalue weighted by Gasteiger charge is -2.12. The van der Waals surface area contributed by atoms with Gasteiger partial charge in [0.1, 0.15) is 6.04 Å². The summed E-state index contributed by atoms with van der Waals surface area (Å²) in [4.78, 5) is 22.0. The summed E-state index contributed by atoms with van der Waals surface area (Å²) in [7, 11) is 0. The number of hydrogen-bond donors (Lipinski definition) is 3. The number of amides is 2. The van der Waals surface area contributed by atoms with Crippen molar-refractivity contribution in [3.63, 3.8) is 0 Å². The lowest BCUT2D eigenvalue weighted by Crippen LogP contribution is -2.46. The number of carboxylic acid groups (broad SMARTS) is 1. The number of terminal acetylenes is 1. The minimum absolute atomic E-state index is 0.0186. The van der Waals surface area contributed by atoms with Gasteiger partial charge in [0.25, 0.3) is 0 Å². The lowest BCUT2D eigenvalue weighted by molar-refractivity contribution is -0.139. The number of hydrogen-bond acceptors (Lipinski definition) is 3. The number of unbranched alkanes of at least 4 members (excludes halogenated alkanes) is 1. The average Bonchev–Trinajstić information content (AvgIpc) is 2.28. The van der Waals surface area contributed by atoms with Gasteiger partial charge in [0.2, 0.25) is 0 Å². The Hall–Kier alpha value is -1.35. The molecule has 1 unspecified atom stereocenters. The van der Waals surface area contributed by atoms with E-state index in [1.54, 1.807) is 11.8 Å². The molecule has 96 valence electrons. The van der Waals surface area contributed by atoms with Crippen molar-refractivity contribution in [1.29, 1.82) is 0 Å². The number of rotatable bonds is 8. The van der Waals surface area contributed by atoms with Gasteiger partial charge in [0, 0.05) is 13.0 Å². The molecule has 0 aromatic heterocycles. The molecular weight excluding hydrogens is 240 g/mol. The predicted octanol–water partition coefficient (Wildman–Crippen LogP) is 0.905. The van der Waals surface area contributed by atoms with Gasteiger partial charge in [-0.15, -0.1) is 12.3 Å². The first-order valence-electron chi connectivity index (χ1n) is 5.31. The standard InChI is InChI=1S/C11H18N2O3S/c1-3-6-9(10(14)15)13-11(16)12-7-4-5-8-17-2/h1,9H,4-8H2,2H3,(H,14,15)(H2,12,13,16). The zero-order valence-corrected chi connectivity index (χ0v) is 10.7. The van der Waals surface area contributed by atoms with Crippen LogP contribution in [0.5, 0.6) is 0 Å². The highest BCUT2D eigenvalue weighted by Crippen LogP contribution is 1.97. The van der Waals surface area contributed by atoms with E-state index in [4.69, 9.17) is 11.5 Å². The van der Waals surface area contributed by atoms with Crippen LogP contribution in [0.4, 0.5) is 4.79 Å². The van der Waals surface area contributed by atoms with Crippen LogP contribution in [0.1, 0.15) is 19.3 Å². The highest BCUT2D eigenvalue weighted by atomic mass is 32.2. The van der Waals surface area contributed by atoms with E-state index in [0.717, 1.165) is 18.6 Å². The molecule has 0 radical (unpaired) electrons. The van der Waals surface area contributed by atoms with Gasteiger partial charge in [0.15, 0.2) is 0 Å². The van der Waals surface area contributed by atoms with Crippen LogP contribution >= 0.6 is 11.8 Å². The summed E-state index contributed by atoms with van der Waals surface area (Å²) in [5.41, 5.74) is 0. The zero-order valence-electron chi connectivity index (χ0n) is 9.86. The number of thioether (sulfide) groups is 1. The Labute approximate surface area is 106 Å². The molecule has 0 aliphatic carbocycles. The van der Waals surface area contributed by atoms with Gasteiger partial charge in [0.05, 0.1) is 0 Å². The second-order valence-electron chi connectivity index (χ2n) is 3.40. The molecular formula is C11H18N2O3S. The highest BCUT2D eigenvalue weighted by Gasteiger charge is 2.17. The smallest absolute Gasteiger partial charge is 0.327 e. The average molecular weight is 258 g/mol. The lowest BCUT2D eigenvalue weighted by atomic mass is 10.2. The van der Waals surface area contributed by atoms with Gasteiger partial charge in [-0.2, -0.15) is 11.8 Å². The van der Waals surface area contributed by atoms with E-state index in [9.17, 15) is 9.59 Å². The van der Waals surface area contributed by atoms with Crippen LogP contribution in [0.2, 0.25) is 0 Å². The van der Waals surface area contributed by atoms with Gasteiger partial charge in [-0.3, -0.25) is 0 Å². The Morgan fingerprint density at radius 3 is 2.71 bits per heavy atom. The normalized spacial score (nSPS) is 11.3. The van der Waals surface area contributed by atoms with E-state index >= 15 is 0 Å². The molecule has 0 rings (SSSR count). The van der Waals surface area contributed by atoms with Crippen molar-refractivity contribution in [1.82, 2.24) is 10.6 Å². The Balaban J connectivity index is 3.76. The van der Waals surface area contributed by atoms with E-state index < -0.39 is 18.0 Å². The second kappa shape index (κ2) is 9.85. The molecule has 0 aromatic carbocycles. The maximum absolute atomic E-state index is 11.3. The van der Waals surface area contributed by atoms with Gasteiger partial charge >= 0.3 is 12.0 Å². The molecule has 0 saturated carbocycles. The molecule has 3 N–H and O–H groups in total. The number of nitrogens with one attached hydrogen (secondary N) is 2. The summed E-state index contributed by atoms with van der Waals surface area (Å²) in [5, 5.41) is 13.7. The summed E-state index contributed by atoms with van der Waals surface area (Å²) >= 11 is 1.75. The molecule has 0 bridgehead atoms. The van der Waals surface area contributed by atoms with Crippen molar-refractivity contribution < 1.29 is 14.7 Å². The van der Waals surface area contributed by atoms with Crippen LogP contribution in [0.3, 0.4) is 0 Å². The number of aliphatic carboxylic acids is 1. The number of carbonyl (C=O) groups is 2. The van der Waals surface area contributed by atoms with Crippen LogP contribution in [-0.4, -0.2) is 41.7 Å². The van der Waals surface area contributed by atoms with Crippen molar-refractivity contribution in [3.05, 3.63) is 0 Å². The molecule has 2 amide bonds. The molecule has 0 saturated heterocycles. The molecule has 17 heavy (non-hydrogen) atoms. The number of carbonyl (C=O) groups excluding carboxylic acids is 1. The van der Waals surface area contributed by atoms with Crippen LogP contribution < -0.4 is 10.6 Å². The minimum Gasteiger partial charge on any atom is -0.480 e. The SMILES string of the molecule is C#CCC(NC(=O)NCCCCSC)C(=O)O. The number of carboxylic acids is 1. The van der Waals surface area contributed by atoms with E-state index in [0.29, 0.717) is 6.54 Å².